The van der Waals surface area contributed by atoms with Gasteiger partial charge in [0.15, 0.2) is 17.5 Å². The largest absolute Gasteiger partial charge is 0.208 e. The summed E-state index contributed by atoms with van der Waals surface area (Å²) in [5.74, 6) is 0.595. The number of rotatable bonds is 3. The van der Waals surface area contributed by atoms with Crippen LogP contribution in [0.5, 0.6) is 0 Å². The Kier molecular flexibility index (Phi) is 4.38. The Hall–Kier alpha value is -3.91. The van der Waals surface area contributed by atoms with E-state index in [-0.39, 0.29) is 11.4 Å². The third kappa shape index (κ3) is 3.42. The first kappa shape index (κ1) is 16.6. The zero-order valence-electron chi connectivity index (χ0n) is 14.2. The summed E-state index contributed by atoms with van der Waals surface area (Å²) in [6.07, 6.45) is 0. The molecule has 3 aromatic carbocycles. The van der Waals surface area contributed by atoms with Crippen molar-refractivity contribution in [2.24, 2.45) is 0 Å². The number of nitriles is 1. The van der Waals surface area contributed by atoms with Crippen molar-refractivity contribution in [3.8, 4) is 40.2 Å². The molecule has 0 bridgehead atoms. The topological polar surface area (TPSA) is 62.5 Å². The molecular formula is C22H13FN4. The molecule has 0 aliphatic carbocycles. The van der Waals surface area contributed by atoms with Crippen LogP contribution in [0.1, 0.15) is 5.56 Å². The molecule has 1 heterocycles. The highest BCUT2D eigenvalue weighted by atomic mass is 19.1. The van der Waals surface area contributed by atoms with Gasteiger partial charge in [-0.25, -0.2) is 19.3 Å². The maximum Gasteiger partial charge on any atom is 0.167 e. The van der Waals surface area contributed by atoms with E-state index in [2.05, 4.69) is 15.0 Å². The second-order valence-corrected chi connectivity index (χ2v) is 5.84. The Morgan fingerprint density at radius 1 is 0.667 bits per heavy atom. The van der Waals surface area contributed by atoms with E-state index in [1.54, 1.807) is 0 Å². The molecule has 1 aromatic heterocycles. The molecule has 128 valence electrons. The molecule has 0 aliphatic heterocycles. The van der Waals surface area contributed by atoms with Crippen LogP contribution < -0.4 is 0 Å². The highest BCUT2D eigenvalue weighted by Gasteiger charge is 2.15. The molecule has 0 aliphatic rings. The van der Waals surface area contributed by atoms with Gasteiger partial charge in [-0.3, -0.25) is 0 Å². The standard InChI is InChI=1S/C22H13FN4/c23-19-12-11-15(14-24)13-18(19)22-26-20(16-7-3-1-4-8-16)25-21(27-22)17-9-5-2-6-10-17/h1-13H. The summed E-state index contributed by atoms with van der Waals surface area (Å²) in [6, 6.07) is 25.0. The Balaban J connectivity index is 1.96. The van der Waals surface area contributed by atoms with Crippen molar-refractivity contribution in [2.75, 3.05) is 0 Å². The van der Waals surface area contributed by atoms with E-state index in [9.17, 15) is 4.39 Å². The molecule has 0 fully saturated rings. The molecule has 4 rings (SSSR count). The predicted molar refractivity (Wildman–Crippen MR) is 101 cm³/mol. The average molecular weight is 352 g/mol. The highest BCUT2D eigenvalue weighted by molar-refractivity contribution is 5.67. The number of halogens is 1. The number of aromatic nitrogens is 3. The summed E-state index contributed by atoms with van der Waals surface area (Å²) >= 11 is 0. The first-order valence-corrected chi connectivity index (χ1v) is 8.31. The summed E-state index contributed by atoms with van der Waals surface area (Å²) in [6.45, 7) is 0. The average Bonchev–Trinajstić information content (AvgIpc) is 2.75. The van der Waals surface area contributed by atoms with Gasteiger partial charge in [-0.15, -0.1) is 0 Å². The van der Waals surface area contributed by atoms with Gasteiger partial charge in [0.25, 0.3) is 0 Å². The summed E-state index contributed by atoms with van der Waals surface area (Å²) in [7, 11) is 0. The van der Waals surface area contributed by atoms with Crippen molar-refractivity contribution >= 4 is 0 Å². The minimum absolute atomic E-state index is 0.172. The van der Waals surface area contributed by atoms with Crippen molar-refractivity contribution in [1.29, 1.82) is 5.26 Å². The molecule has 0 atom stereocenters. The van der Waals surface area contributed by atoms with E-state index in [1.165, 1.54) is 18.2 Å². The number of nitrogens with zero attached hydrogens (tertiary/aromatic N) is 4. The van der Waals surface area contributed by atoms with E-state index >= 15 is 0 Å². The number of hydrogen-bond donors (Lipinski definition) is 0. The van der Waals surface area contributed by atoms with Crippen LogP contribution in [-0.4, -0.2) is 15.0 Å². The molecule has 5 heteroatoms. The monoisotopic (exact) mass is 352 g/mol. The highest BCUT2D eigenvalue weighted by Crippen LogP contribution is 2.26. The summed E-state index contributed by atoms with van der Waals surface area (Å²) in [4.78, 5) is 13.5. The SMILES string of the molecule is N#Cc1ccc(F)c(-c2nc(-c3ccccc3)nc(-c3ccccc3)n2)c1. The quantitative estimate of drug-likeness (QED) is 0.527. The maximum atomic E-state index is 14.5. The van der Waals surface area contributed by atoms with Crippen molar-refractivity contribution in [3.05, 3.63) is 90.2 Å². The summed E-state index contributed by atoms with van der Waals surface area (Å²) < 4.78 is 14.5. The van der Waals surface area contributed by atoms with Gasteiger partial charge in [-0.05, 0) is 18.2 Å². The van der Waals surface area contributed by atoms with E-state index in [0.717, 1.165) is 11.1 Å². The minimum Gasteiger partial charge on any atom is -0.208 e. The van der Waals surface area contributed by atoms with Gasteiger partial charge in [0.1, 0.15) is 5.82 Å². The summed E-state index contributed by atoms with van der Waals surface area (Å²) in [5.41, 5.74) is 2.12. The molecule has 0 saturated heterocycles. The molecule has 0 spiro atoms. The van der Waals surface area contributed by atoms with Gasteiger partial charge in [0.05, 0.1) is 17.2 Å². The molecule has 0 amide bonds. The first-order valence-electron chi connectivity index (χ1n) is 8.31. The molecule has 0 N–H and O–H groups in total. The fourth-order valence-electron chi connectivity index (χ4n) is 2.70. The Morgan fingerprint density at radius 2 is 1.19 bits per heavy atom. The van der Waals surface area contributed by atoms with Crippen LogP contribution in [0.2, 0.25) is 0 Å². The van der Waals surface area contributed by atoms with E-state index in [4.69, 9.17) is 5.26 Å². The van der Waals surface area contributed by atoms with Crippen molar-refractivity contribution in [3.63, 3.8) is 0 Å². The van der Waals surface area contributed by atoms with Crippen LogP contribution >= 0.6 is 0 Å². The van der Waals surface area contributed by atoms with Crippen molar-refractivity contribution in [2.45, 2.75) is 0 Å². The third-order valence-corrected chi connectivity index (χ3v) is 4.04. The van der Waals surface area contributed by atoms with Gasteiger partial charge in [-0.1, -0.05) is 60.7 Å². The van der Waals surface area contributed by atoms with Gasteiger partial charge in [0.2, 0.25) is 0 Å². The molecule has 0 saturated carbocycles. The maximum absolute atomic E-state index is 14.5. The second-order valence-electron chi connectivity index (χ2n) is 5.84. The third-order valence-electron chi connectivity index (χ3n) is 4.04. The molecule has 4 aromatic rings. The molecule has 4 nitrogen and oxygen atoms in total. The van der Waals surface area contributed by atoms with E-state index in [0.29, 0.717) is 17.2 Å². The lowest BCUT2D eigenvalue weighted by Gasteiger charge is -2.09. The van der Waals surface area contributed by atoms with Gasteiger partial charge < -0.3 is 0 Å². The fraction of sp³-hybridized carbons (Fsp3) is 0. The Morgan fingerprint density at radius 3 is 1.70 bits per heavy atom. The van der Waals surface area contributed by atoms with Gasteiger partial charge >= 0.3 is 0 Å². The number of hydrogen-bond acceptors (Lipinski definition) is 4. The van der Waals surface area contributed by atoms with Gasteiger partial charge in [-0.2, -0.15) is 5.26 Å². The van der Waals surface area contributed by atoms with Crippen molar-refractivity contribution < 1.29 is 4.39 Å². The van der Waals surface area contributed by atoms with Crippen LogP contribution in [0.3, 0.4) is 0 Å². The van der Waals surface area contributed by atoms with Crippen LogP contribution in [0, 0.1) is 17.1 Å². The molecular weight excluding hydrogens is 339 g/mol. The smallest absolute Gasteiger partial charge is 0.167 e. The number of benzene rings is 3. The predicted octanol–water partition coefficient (Wildman–Crippen LogP) is 4.88. The van der Waals surface area contributed by atoms with E-state index in [1.807, 2.05) is 66.7 Å². The zero-order chi connectivity index (χ0) is 18.6. The zero-order valence-corrected chi connectivity index (χ0v) is 14.2. The van der Waals surface area contributed by atoms with Crippen LogP contribution in [-0.2, 0) is 0 Å². The molecule has 27 heavy (non-hydrogen) atoms. The Bertz CT molecular complexity index is 1080. The lowest BCUT2D eigenvalue weighted by Crippen LogP contribution is -2.01. The molecule has 0 radical (unpaired) electrons. The summed E-state index contributed by atoms with van der Waals surface area (Å²) in [5, 5.41) is 9.14. The Labute approximate surface area is 155 Å². The van der Waals surface area contributed by atoms with Crippen LogP contribution in [0.25, 0.3) is 34.2 Å². The molecule has 0 unspecified atom stereocenters. The minimum atomic E-state index is -0.488. The van der Waals surface area contributed by atoms with Gasteiger partial charge in [0, 0.05) is 11.1 Å². The normalized spacial score (nSPS) is 10.4. The fourth-order valence-corrected chi connectivity index (χ4v) is 2.70. The van der Waals surface area contributed by atoms with E-state index < -0.39 is 5.82 Å². The lowest BCUT2D eigenvalue weighted by molar-refractivity contribution is 0.629. The lowest BCUT2D eigenvalue weighted by atomic mass is 10.1. The van der Waals surface area contributed by atoms with Crippen molar-refractivity contribution in [1.82, 2.24) is 15.0 Å². The first-order chi connectivity index (χ1) is 13.2. The van der Waals surface area contributed by atoms with Crippen LogP contribution in [0.15, 0.2) is 78.9 Å². The van der Waals surface area contributed by atoms with Crippen LogP contribution in [0.4, 0.5) is 4.39 Å². The second kappa shape index (κ2) is 7.14.